The molecule has 14 heavy (non-hydrogen) atoms. The second-order valence-corrected chi connectivity index (χ2v) is 3.44. The van der Waals surface area contributed by atoms with Crippen LogP contribution in [0.2, 0.25) is 0 Å². The van der Waals surface area contributed by atoms with Crippen molar-refractivity contribution in [3.8, 4) is 0 Å². The van der Waals surface area contributed by atoms with E-state index in [1.54, 1.807) is 0 Å². The molecule has 0 aromatic heterocycles. The van der Waals surface area contributed by atoms with Crippen LogP contribution in [-0.2, 0) is 9.59 Å². The first-order valence-corrected chi connectivity index (χ1v) is 4.46. The molecule has 0 spiro atoms. The van der Waals surface area contributed by atoms with Gasteiger partial charge in [-0.1, -0.05) is 31.0 Å². The minimum absolute atomic E-state index is 0.287. The Morgan fingerprint density at radius 3 is 2.21 bits per heavy atom. The molecule has 0 fully saturated rings. The van der Waals surface area contributed by atoms with Gasteiger partial charge in [-0.15, -0.1) is 0 Å². The van der Waals surface area contributed by atoms with Gasteiger partial charge in [0.25, 0.3) is 0 Å². The van der Waals surface area contributed by atoms with Gasteiger partial charge in [-0.25, -0.2) is 0 Å². The summed E-state index contributed by atoms with van der Waals surface area (Å²) in [5.74, 6) is -6.89. The van der Waals surface area contributed by atoms with E-state index in [-0.39, 0.29) is 10.5 Å². The molecule has 1 aliphatic carbocycles. The number of hydrogen-bond acceptors (Lipinski definition) is 3. The van der Waals surface area contributed by atoms with Gasteiger partial charge in [-0.05, 0) is 5.41 Å². The maximum absolute atomic E-state index is 12.9. The fourth-order valence-electron chi connectivity index (χ4n) is 1.03. The number of rotatable bonds is 3. The quantitative estimate of drug-likeness (QED) is 0.677. The normalized spacial score (nSPS) is 20.1. The average Bonchev–Trinajstić information content (AvgIpc) is 2.29. The molecule has 0 heterocycles. The van der Waals surface area contributed by atoms with E-state index >= 15 is 0 Å². The summed E-state index contributed by atoms with van der Waals surface area (Å²) in [6.07, 6.45) is 0.965. The van der Waals surface area contributed by atoms with Gasteiger partial charge in [0.1, 0.15) is 0 Å². The summed E-state index contributed by atoms with van der Waals surface area (Å²) < 4.78 is 25.8. The lowest BCUT2D eigenvalue weighted by Crippen LogP contribution is -2.32. The van der Waals surface area contributed by atoms with Crippen LogP contribution >= 0.6 is 11.8 Å². The van der Waals surface area contributed by atoms with Crippen molar-refractivity contribution < 1.29 is 18.4 Å². The summed E-state index contributed by atoms with van der Waals surface area (Å²) in [7, 11) is 0. The van der Waals surface area contributed by atoms with Crippen LogP contribution in [0.25, 0.3) is 0 Å². The Kier molecular flexibility index (Phi) is 2.71. The van der Waals surface area contributed by atoms with Crippen LogP contribution in [-0.4, -0.2) is 17.5 Å². The SMILES string of the molecule is C=CSC1=C(C=C)C(=O)C(F)(F)C1=O. The smallest absolute Gasteiger partial charge is 0.287 e. The predicted octanol–water partition coefficient (Wildman–Crippen LogP) is 2.09. The largest absolute Gasteiger partial charge is 0.371 e. The van der Waals surface area contributed by atoms with E-state index in [0.717, 1.165) is 6.08 Å². The van der Waals surface area contributed by atoms with E-state index in [1.807, 2.05) is 0 Å². The van der Waals surface area contributed by atoms with Crippen molar-refractivity contribution in [1.29, 1.82) is 0 Å². The molecule has 1 rings (SSSR count). The van der Waals surface area contributed by atoms with E-state index in [1.165, 1.54) is 5.41 Å². The van der Waals surface area contributed by atoms with Crippen molar-refractivity contribution in [3.05, 3.63) is 35.1 Å². The van der Waals surface area contributed by atoms with Crippen LogP contribution in [0.15, 0.2) is 35.1 Å². The minimum atomic E-state index is -3.94. The molecule has 0 aromatic carbocycles. The zero-order valence-corrected chi connectivity index (χ0v) is 7.87. The van der Waals surface area contributed by atoms with Crippen LogP contribution in [0.4, 0.5) is 8.78 Å². The number of Topliss-reactive ketones (excluding diaryl/α,β-unsaturated/α-hetero) is 2. The van der Waals surface area contributed by atoms with Gasteiger partial charge in [0, 0.05) is 5.57 Å². The number of alkyl halides is 2. The molecule has 74 valence electrons. The molecule has 0 bridgehead atoms. The molecule has 0 aliphatic heterocycles. The number of ketones is 2. The Morgan fingerprint density at radius 2 is 1.79 bits per heavy atom. The highest BCUT2D eigenvalue weighted by atomic mass is 32.2. The Balaban J connectivity index is 3.28. The maximum atomic E-state index is 12.9. The zero-order chi connectivity index (χ0) is 10.9. The lowest BCUT2D eigenvalue weighted by molar-refractivity contribution is -0.148. The second-order valence-electron chi connectivity index (χ2n) is 2.46. The molecule has 0 atom stereocenters. The molecule has 1 aliphatic rings. The molecule has 0 saturated heterocycles. The van der Waals surface area contributed by atoms with Gasteiger partial charge in [0.2, 0.25) is 11.6 Å². The van der Waals surface area contributed by atoms with E-state index in [0.29, 0.717) is 11.8 Å². The Bertz CT molecular complexity index is 369. The van der Waals surface area contributed by atoms with Crippen molar-refractivity contribution in [2.75, 3.05) is 0 Å². The van der Waals surface area contributed by atoms with Gasteiger partial charge in [-0.2, -0.15) is 8.78 Å². The van der Waals surface area contributed by atoms with Crippen LogP contribution in [0.1, 0.15) is 0 Å². The highest BCUT2D eigenvalue weighted by Crippen LogP contribution is 2.39. The van der Waals surface area contributed by atoms with Crippen LogP contribution < -0.4 is 0 Å². The van der Waals surface area contributed by atoms with Crippen molar-refractivity contribution >= 4 is 23.3 Å². The monoisotopic (exact) mass is 216 g/mol. The molecule has 0 aromatic rings. The summed E-state index contributed by atoms with van der Waals surface area (Å²) in [5.41, 5.74) is -0.329. The van der Waals surface area contributed by atoms with Crippen LogP contribution in [0.5, 0.6) is 0 Å². The van der Waals surface area contributed by atoms with Gasteiger partial charge in [0.05, 0.1) is 4.91 Å². The first-order chi connectivity index (χ1) is 6.46. The summed E-state index contributed by atoms with van der Waals surface area (Å²) in [4.78, 5) is 21.8. The molecule has 5 heteroatoms. The van der Waals surface area contributed by atoms with E-state index in [2.05, 4.69) is 13.2 Å². The summed E-state index contributed by atoms with van der Waals surface area (Å²) >= 11 is 0.708. The van der Waals surface area contributed by atoms with Crippen LogP contribution in [0.3, 0.4) is 0 Å². The molecular weight excluding hydrogens is 210 g/mol. The lowest BCUT2D eigenvalue weighted by atomic mass is 10.2. The van der Waals surface area contributed by atoms with E-state index in [4.69, 9.17) is 0 Å². The standard InChI is InChI=1S/C9H6F2O2S/c1-3-5-6(14-4-2)8(13)9(10,11)7(5)12/h3-4H,1-2H2. The summed E-state index contributed by atoms with van der Waals surface area (Å²) in [6, 6.07) is 0. The Morgan fingerprint density at radius 1 is 1.21 bits per heavy atom. The molecule has 0 unspecified atom stereocenters. The Labute approximate surface area is 83.4 Å². The van der Waals surface area contributed by atoms with Gasteiger partial charge in [-0.3, -0.25) is 9.59 Å². The lowest BCUT2D eigenvalue weighted by Gasteiger charge is -2.03. The van der Waals surface area contributed by atoms with Gasteiger partial charge >= 0.3 is 5.92 Å². The fraction of sp³-hybridized carbons (Fsp3) is 0.111. The first kappa shape index (κ1) is 10.8. The van der Waals surface area contributed by atoms with Crippen molar-refractivity contribution in [1.82, 2.24) is 0 Å². The van der Waals surface area contributed by atoms with Gasteiger partial charge in [0.15, 0.2) is 0 Å². The molecule has 0 saturated carbocycles. The maximum Gasteiger partial charge on any atom is 0.371 e. The number of carbonyl (C=O) groups excluding carboxylic acids is 2. The number of carbonyl (C=O) groups is 2. The summed E-state index contributed by atoms with van der Waals surface area (Å²) in [6.45, 7) is 6.50. The highest BCUT2D eigenvalue weighted by molar-refractivity contribution is 8.06. The second kappa shape index (κ2) is 3.49. The third-order valence-electron chi connectivity index (χ3n) is 1.67. The number of allylic oxidation sites excluding steroid dienone is 3. The first-order valence-electron chi connectivity index (χ1n) is 3.58. The van der Waals surface area contributed by atoms with Crippen LogP contribution in [0, 0.1) is 0 Å². The Hall–Kier alpha value is -1.23. The molecule has 0 amide bonds. The third-order valence-corrected chi connectivity index (χ3v) is 2.48. The minimum Gasteiger partial charge on any atom is -0.287 e. The number of thioether (sulfide) groups is 1. The number of hydrogen-bond donors (Lipinski definition) is 0. The van der Waals surface area contributed by atoms with E-state index < -0.39 is 17.5 Å². The zero-order valence-electron chi connectivity index (χ0n) is 7.05. The van der Waals surface area contributed by atoms with Crippen molar-refractivity contribution in [3.63, 3.8) is 0 Å². The molecule has 0 N–H and O–H groups in total. The summed E-state index contributed by atoms with van der Waals surface area (Å²) in [5, 5.41) is 1.21. The molecular formula is C9H6F2O2S. The predicted molar refractivity (Wildman–Crippen MR) is 50.0 cm³/mol. The van der Waals surface area contributed by atoms with Crippen molar-refractivity contribution in [2.45, 2.75) is 5.92 Å². The fourth-order valence-corrected chi connectivity index (χ4v) is 1.73. The molecule has 2 nitrogen and oxygen atoms in total. The highest BCUT2D eigenvalue weighted by Gasteiger charge is 2.55. The van der Waals surface area contributed by atoms with E-state index in [9.17, 15) is 18.4 Å². The number of halogens is 2. The van der Waals surface area contributed by atoms with Crippen molar-refractivity contribution in [2.24, 2.45) is 0 Å². The third kappa shape index (κ3) is 1.33. The van der Waals surface area contributed by atoms with Gasteiger partial charge < -0.3 is 0 Å². The topological polar surface area (TPSA) is 34.1 Å². The molecule has 0 radical (unpaired) electrons. The average molecular weight is 216 g/mol.